The molecule has 0 N–H and O–H groups in total. The maximum absolute atomic E-state index is 13.9. The lowest BCUT2D eigenvalue weighted by atomic mass is 10.0. The Bertz CT molecular complexity index is 433. The van der Waals surface area contributed by atoms with Crippen LogP contribution in [0, 0.1) is 11.7 Å². The standard InChI is InChI=1S/C11H14FN3O2/c1-3-8-9(12)10(14-6-13-8)15-4-7(5-15)11(16)17-2/h6-7H,3-5H2,1-2H3. The summed E-state index contributed by atoms with van der Waals surface area (Å²) in [5.74, 6) is -0.554. The van der Waals surface area contributed by atoms with Gasteiger partial charge in [0, 0.05) is 13.1 Å². The molecule has 0 spiro atoms. The molecule has 0 saturated carbocycles. The van der Waals surface area contributed by atoms with Crippen molar-refractivity contribution in [1.82, 2.24) is 9.97 Å². The number of carbonyl (C=O) groups is 1. The first-order valence-electron chi connectivity index (χ1n) is 5.49. The Kier molecular flexibility index (Phi) is 3.21. The largest absolute Gasteiger partial charge is 0.469 e. The highest BCUT2D eigenvalue weighted by molar-refractivity contribution is 5.76. The number of esters is 1. The predicted molar refractivity (Wildman–Crippen MR) is 59.1 cm³/mol. The summed E-state index contributed by atoms with van der Waals surface area (Å²) in [6.07, 6.45) is 1.87. The molecule has 2 rings (SSSR count). The normalized spacial score (nSPS) is 15.6. The fourth-order valence-electron chi connectivity index (χ4n) is 1.83. The molecule has 92 valence electrons. The molecule has 0 aliphatic carbocycles. The van der Waals surface area contributed by atoms with Crippen molar-refractivity contribution >= 4 is 11.8 Å². The Morgan fingerprint density at radius 1 is 1.59 bits per heavy atom. The lowest BCUT2D eigenvalue weighted by Gasteiger charge is -2.38. The number of methoxy groups -OCH3 is 1. The van der Waals surface area contributed by atoms with Crippen molar-refractivity contribution in [2.24, 2.45) is 5.92 Å². The van der Waals surface area contributed by atoms with Gasteiger partial charge in [-0.05, 0) is 6.42 Å². The van der Waals surface area contributed by atoms with E-state index < -0.39 is 5.82 Å². The maximum Gasteiger partial charge on any atom is 0.312 e. The SMILES string of the molecule is CCc1ncnc(N2CC(C(=O)OC)C2)c1F. The fraction of sp³-hybridized carbons (Fsp3) is 0.545. The number of hydrogen-bond acceptors (Lipinski definition) is 5. The first-order valence-corrected chi connectivity index (χ1v) is 5.49. The minimum Gasteiger partial charge on any atom is -0.469 e. The highest BCUT2D eigenvalue weighted by atomic mass is 19.1. The van der Waals surface area contributed by atoms with Crippen LogP contribution >= 0.6 is 0 Å². The van der Waals surface area contributed by atoms with Crippen LogP contribution in [0.3, 0.4) is 0 Å². The zero-order chi connectivity index (χ0) is 12.4. The van der Waals surface area contributed by atoms with Crippen molar-refractivity contribution in [3.8, 4) is 0 Å². The van der Waals surface area contributed by atoms with Crippen LogP contribution in [0.2, 0.25) is 0 Å². The third-order valence-corrected chi connectivity index (χ3v) is 2.89. The molecule has 0 aromatic carbocycles. The summed E-state index contributed by atoms with van der Waals surface area (Å²) in [6, 6.07) is 0. The Morgan fingerprint density at radius 2 is 2.29 bits per heavy atom. The second kappa shape index (κ2) is 4.65. The number of aromatic nitrogens is 2. The van der Waals surface area contributed by atoms with Gasteiger partial charge in [0.15, 0.2) is 11.6 Å². The van der Waals surface area contributed by atoms with Gasteiger partial charge in [0.1, 0.15) is 6.33 Å². The lowest BCUT2D eigenvalue weighted by molar-refractivity contribution is -0.146. The topological polar surface area (TPSA) is 55.3 Å². The molecule has 1 fully saturated rings. The first kappa shape index (κ1) is 11.8. The number of aryl methyl sites for hydroxylation is 1. The number of anilines is 1. The molecule has 1 aromatic rings. The molecule has 0 atom stereocenters. The molecule has 2 heterocycles. The maximum atomic E-state index is 13.9. The summed E-state index contributed by atoms with van der Waals surface area (Å²) in [4.78, 5) is 20.7. The van der Waals surface area contributed by atoms with Gasteiger partial charge in [-0.2, -0.15) is 0 Å². The van der Waals surface area contributed by atoms with Gasteiger partial charge in [-0.1, -0.05) is 6.92 Å². The molecule has 0 radical (unpaired) electrons. The number of ether oxygens (including phenoxy) is 1. The molecule has 0 unspecified atom stereocenters. The third-order valence-electron chi connectivity index (χ3n) is 2.89. The highest BCUT2D eigenvalue weighted by Gasteiger charge is 2.35. The van der Waals surface area contributed by atoms with Gasteiger partial charge < -0.3 is 9.64 Å². The van der Waals surface area contributed by atoms with Crippen LogP contribution < -0.4 is 4.90 Å². The summed E-state index contributed by atoms with van der Waals surface area (Å²) in [7, 11) is 1.35. The Balaban J connectivity index is 2.09. The molecule has 17 heavy (non-hydrogen) atoms. The minimum absolute atomic E-state index is 0.181. The predicted octanol–water partition coefficient (Wildman–Crippen LogP) is 0.787. The van der Waals surface area contributed by atoms with E-state index in [2.05, 4.69) is 14.7 Å². The minimum atomic E-state index is -0.390. The average molecular weight is 239 g/mol. The molecule has 0 amide bonds. The van der Waals surface area contributed by atoms with Crippen molar-refractivity contribution in [2.45, 2.75) is 13.3 Å². The highest BCUT2D eigenvalue weighted by Crippen LogP contribution is 2.26. The van der Waals surface area contributed by atoms with Crippen LogP contribution in [0.15, 0.2) is 6.33 Å². The van der Waals surface area contributed by atoms with Crippen LogP contribution in [0.5, 0.6) is 0 Å². The molecule has 1 saturated heterocycles. The van der Waals surface area contributed by atoms with Gasteiger partial charge in [-0.3, -0.25) is 4.79 Å². The van der Waals surface area contributed by atoms with Crippen molar-refractivity contribution in [1.29, 1.82) is 0 Å². The molecular formula is C11H14FN3O2. The monoisotopic (exact) mass is 239 g/mol. The molecular weight excluding hydrogens is 225 g/mol. The number of carbonyl (C=O) groups excluding carboxylic acids is 1. The quantitative estimate of drug-likeness (QED) is 0.730. The average Bonchev–Trinajstić information content (AvgIpc) is 2.29. The number of hydrogen-bond donors (Lipinski definition) is 0. The first-order chi connectivity index (χ1) is 8.17. The van der Waals surface area contributed by atoms with Gasteiger partial charge in [0.2, 0.25) is 0 Å². The van der Waals surface area contributed by atoms with Crippen molar-refractivity contribution < 1.29 is 13.9 Å². The van der Waals surface area contributed by atoms with E-state index in [4.69, 9.17) is 0 Å². The summed E-state index contributed by atoms with van der Waals surface area (Å²) in [5, 5.41) is 0. The third kappa shape index (κ3) is 2.07. The van der Waals surface area contributed by atoms with E-state index in [0.29, 0.717) is 25.2 Å². The van der Waals surface area contributed by atoms with Crippen molar-refractivity contribution in [3.05, 3.63) is 17.8 Å². The summed E-state index contributed by atoms with van der Waals surface area (Å²) >= 11 is 0. The lowest BCUT2D eigenvalue weighted by Crippen LogP contribution is -2.51. The Labute approximate surface area is 98.6 Å². The number of nitrogens with zero attached hydrogens (tertiary/aromatic N) is 3. The van der Waals surface area contributed by atoms with E-state index >= 15 is 0 Å². The van der Waals surface area contributed by atoms with Gasteiger partial charge >= 0.3 is 5.97 Å². The molecule has 5 nitrogen and oxygen atoms in total. The van der Waals surface area contributed by atoms with E-state index in [9.17, 15) is 9.18 Å². The second-order valence-corrected chi connectivity index (χ2v) is 3.94. The van der Waals surface area contributed by atoms with E-state index in [1.807, 2.05) is 6.92 Å². The van der Waals surface area contributed by atoms with Crippen molar-refractivity contribution in [2.75, 3.05) is 25.1 Å². The summed E-state index contributed by atoms with van der Waals surface area (Å²) in [6.45, 7) is 2.73. The molecule has 1 aliphatic rings. The number of halogens is 1. The smallest absolute Gasteiger partial charge is 0.312 e. The Hall–Kier alpha value is -1.72. The summed E-state index contributed by atoms with van der Waals surface area (Å²) in [5.41, 5.74) is 0.400. The van der Waals surface area contributed by atoms with Crippen LogP contribution in [-0.4, -0.2) is 36.1 Å². The van der Waals surface area contributed by atoms with Gasteiger partial charge in [0.05, 0.1) is 18.7 Å². The van der Waals surface area contributed by atoms with E-state index in [1.165, 1.54) is 13.4 Å². The van der Waals surface area contributed by atoms with Gasteiger partial charge in [-0.15, -0.1) is 0 Å². The fourth-order valence-corrected chi connectivity index (χ4v) is 1.83. The zero-order valence-corrected chi connectivity index (χ0v) is 9.81. The van der Waals surface area contributed by atoms with Crippen molar-refractivity contribution in [3.63, 3.8) is 0 Å². The van der Waals surface area contributed by atoms with Crippen LogP contribution in [0.4, 0.5) is 10.2 Å². The van der Waals surface area contributed by atoms with Crippen LogP contribution in [0.1, 0.15) is 12.6 Å². The molecule has 0 bridgehead atoms. The van der Waals surface area contributed by atoms with E-state index in [1.54, 1.807) is 4.90 Å². The zero-order valence-electron chi connectivity index (χ0n) is 9.81. The molecule has 1 aliphatic heterocycles. The van der Waals surface area contributed by atoms with E-state index in [0.717, 1.165) is 0 Å². The van der Waals surface area contributed by atoms with Crippen LogP contribution in [0.25, 0.3) is 0 Å². The Morgan fingerprint density at radius 3 is 2.88 bits per heavy atom. The number of rotatable bonds is 3. The van der Waals surface area contributed by atoms with E-state index in [-0.39, 0.29) is 17.7 Å². The van der Waals surface area contributed by atoms with Gasteiger partial charge in [-0.25, -0.2) is 14.4 Å². The summed E-state index contributed by atoms with van der Waals surface area (Å²) < 4.78 is 18.5. The van der Waals surface area contributed by atoms with Gasteiger partial charge in [0.25, 0.3) is 0 Å². The van der Waals surface area contributed by atoms with Crippen LogP contribution in [-0.2, 0) is 16.0 Å². The molecule has 6 heteroatoms. The molecule has 1 aromatic heterocycles. The second-order valence-electron chi connectivity index (χ2n) is 3.94.